The smallest absolute Gasteiger partial charge is 0.303 e. The quantitative estimate of drug-likeness (QED) is 0.755. The molecular weight excluding hydrogens is 326 g/mol. The van der Waals surface area contributed by atoms with Crippen LogP contribution in [0, 0.1) is 0 Å². The maximum Gasteiger partial charge on any atom is 0.303 e. The van der Waals surface area contributed by atoms with Crippen LogP contribution in [0.5, 0.6) is 0 Å². The van der Waals surface area contributed by atoms with Gasteiger partial charge in [0.05, 0.1) is 6.42 Å². The first kappa shape index (κ1) is 16.2. The molecule has 116 valence electrons. The Labute approximate surface area is 131 Å². The third kappa shape index (κ3) is 4.15. The summed E-state index contributed by atoms with van der Waals surface area (Å²) in [4.78, 5) is 22.3. The number of sulfonamides is 1. The molecule has 0 saturated carbocycles. The number of rotatable bonds is 7. The zero-order valence-electron chi connectivity index (χ0n) is 11.4. The largest absolute Gasteiger partial charge is 0.481 e. The van der Waals surface area contributed by atoms with Crippen molar-refractivity contribution < 1.29 is 23.1 Å². The Morgan fingerprint density at radius 1 is 1.14 bits per heavy atom. The van der Waals surface area contributed by atoms with Gasteiger partial charge in [-0.2, -0.15) is 0 Å². The fraction of sp³-hybridized carbons (Fsp3) is 0.143. The molecule has 1 aromatic heterocycles. The molecule has 2 aromatic rings. The predicted octanol–water partition coefficient (Wildman–Crippen LogP) is 2.60. The summed E-state index contributed by atoms with van der Waals surface area (Å²) >= 11 is 1.09. The van der Waals surface area contributed by atoms with Gasteiger partial charge in [-0.3, -0.25) is 14.3 Å². The van der Waals surface area contributed by atoms with Gasteiger partial charge in [-0.15, -0.1) is 11.3 Å². The summed E-state index contributed by atoms with van der Waals surface area (Å²) in [5.41, 5.74) is 0.530. The van der Waals surface area contributed by atoms with Gasteiger partial charge in [0.2, 0.25) is 0 Å². The van der Waals surface area contributed by atoms with E-state index in [1.807, 2.05) is 0 Å². The highest BCUT2D eigenvalue weighted by Crippen LogP contribution is 2.21. The topological polar surface area (TPSA) is 101 Å². The number of carboxylic acids is 1. The van der Waals surface area contributed by atoms with Crippen LogP contribution in [0.2, 0.25) is 0 Å². The van der Waals surface area contributed by atoms with Crippen molar-refractivity contribution in [2.24, 2.45) is 0 Å². The maximum absolute atomic E-state index is 12.1. The van der Waals surface area contributed by atoms with Crippen molar-refractivity contribution >= 4 is 38.8 Å². The number of nitrogens with one attached hydrogen (secondary N) is 1. The number of hydrogen-bond donors (Lipinski definition) is 2. The number of carbonyl (C=O) groups is 2. The summed E-state index contributed by atoms with van der Waals surface area (Å²) in [6.45, 7) is 0. The summed E-state index contributed by atoms with van der Waals surface area (Å²) in [5.74, 6) is -1.40. The van der Waals surface area contributed by atoms with E-state index in [4.69, 9.17) is 5.11 Å². The molecule has 0 aliphatic heterocycles. The minimum absolute atomic E-state index is 0.129. The Balaban J connectivity index is 2.15. The van der Waals surface area contributed by atoms with E-state index >= 15 is 0 Å². The lowest BCUT2D eigenvalue weighted by atomic mass is 10.1. The van der Waals surface area contributed by atoms with E-state index in [-0.39, 0.29) is 34.1 Å². The lowest BCUT2D eigenvalue weighted by molar-refractivity contribution is -0.136. The molecule has 0 aliphatic rings. The lowest BCUT2D eigenvalue weighted by Crippen LogP contribution is -2.12. The number of aliphatic carboxylic acids is 1. The molecule has 0 atom stereocenters. The van der Waals surface area contributed by atoms with E-state index in [1.54, 1.807) is 17.5 Å². The zero-order valence-corrected chi connectivity index (χ0v) is 13.0. The molecule has 0 spiro atoms. The van der Waals surface area contributed by atoms with Crippen LogP contribution in [0.15, 0.2) is 46.0 Å². The third-order valence-corrected chi connectivity index (χ3v) is 5.54. The molecule has 0 radical (unpaired) electrons. The number of anilines is 1. The summed E-state index contributed by atoms with van der Waals surface area (Å²) in [6.07, 6.45) is -0.388. The molecule has 0 bridgehead atoms. The van der Waals surface area contributed by atoms with E-state index < -0.39 is 16.0 Å². The van der Waals surface area contributed by atoms with Gasteiger partial charge in [0.25, 0.3) is 10.0 Å². The summed E-state index contributed by atoms with van der Waals surface area (Å²) in [5, 5.41) is 10.2. The summed E-state index contributed by atoms with van der Waals surface area (Å²) < 4.78 is 26.8. The average molecular weight is 339 g/mol. The standard InChI is InChI=1S/C14H13NO5S2/c16-12(6-7-13(17)18)10-3-1-4-11(9-10)15-22(19,20)14-5-2-8-21-14/h1-5,8-9,15H,6-7H2,(H,17,18). The van der Waals surface area contributed by atoms with E-state index in [1.165, 1.54) is 24.3 Å². The predicted molar refractivity (Wildman–Crippen MR) is 82.8 cm³/mol. The molecule has 1 heterocycles. The molecule has 0 fully saturated rings. The summed E-state index contributed by atoms with van der Waals surface area (Å²) in [6, 6.07) is 9.10. The highest BCUT2D eigenvalue weighted by Gasteiger charge is 2.16. The Bertz CT molecular complexity index is 781. The first-order valence-corrected chi connectivity index (χ1v) is 8.66. The highest BCUT2D eigenvalue weighted by atomic mass is 32.2. The summed E-state index contributed by atoms with van der Waals surface area (Å²) in [7, 11) is -3.68. The van der Waals surface area contributed by atoms with Crippen LogP contribution in [0.4, 0.5) is 5.69 Å². The lowest BCUT2D eigenvalue weighted by Gasteiger charge is -2.07. The number of carbonyl (C=O) groups excluding carboxylic acids is 1. The highest BCUT2D eigenvalue weighted by molar-refractivity contribution is 7.94. The third-order valence-electron chi connectivity index (χ3n) is 2.76. The van der Waals surface area contributed by atoms with Crippen molar-refractivity contribution in [3.05, 3.63) is 47.3 Å². The number of benzene rings is 1. The normalized spacial score (nSPS) is 11.1. The fourth-order valence-corrected chi connectivity index (χ4v) is 3.79. The molecule has 2 N–H and O–H groups in total. The van der Waals surface area contributed by atoms with Crippen LogP contribution in [0.3, 0.4) is 0 Å². The van der Waals surface area contributed by atoms with Gasteiger partial charge in [-0.25, -0.2) is 8.42 Å². The van der Waals surface area contributed by atoms with Crippen LogP contribution in [0.25, 0.3) is 0 Å². The number of thiophene rings is 1. The molecule has 22 heavy (non-hydrogen) atoms. The van der Waals surface area contributed by atoms with Crippen molar-refractivity contribution in [3.63, 3.8) is 0 Å². The molecular formula is C14H13NO5S2. The van der Waals surface area contributed by atoms with Gasteiger partial charge in [-0.05, 0) is 23.6 Å². The number of Topliss-reactive ketones (excluding diaryl/α,β-unsaturated/α-hetero) is 1. The second kappa shape index (κ2) is 6.71. The number of carboxylic acid groups (broad SMARTS) is 1. The van der Waals surface area contributed by atoms with Crippen molar-refractivity contribution in [3.8, 4) is 0 Å². The van der Waals surface area contributed by atoms with Crippen LogP contribution < -0.4 is 4.72 Å². The fourth-order valence-electron chi connectivity index (χ4n) is 1.74. The van der Waals surface area contributed by atoms with Crippen LogP contribution in [-0.4, -0.2) is 25.3 Å². The Morgan fingerprint density at radius 3 is 2.55 bits per heavy atom. The maximum atomic E-state index is 12.1. The van der Waals surface area contributed by atoms with Gasteiger partial charge >= 0.3 is 5.97 Å². The van der Waals surface area contributed by atoms with Crippen molar-refractivity contribution in [2.75, 3.05) is 4.72 Å². The van der Waals surface area contributed by atoms with Gasteiger partial charge in [0.15, 0.2) is 5.78 Å². The van der Waals surface area contributed by atoms with Gasteiger partial charge in [-0.1, -0.05) is 18.2 Å². The Morgan fingerprint density at radius 2 is 1.91 bits per heavy atom. The number of hydrogen-bond acceptors (Lipinski definition) is 5. The minimum atomic E-state index is -3.68. The molecule has 0 amide bonds. The molecule has 0 unspecified atom stereocenters. The van der Waals surface area contributed by atoms with E-state index in [9.17, 15) is 18.0 Å². The SMILES string of the molecule is O=C(O)CCC(=O)c1cccc(NS(=O)(=O)c2cccs2)c1. The van der Waals surface area contributed by atoms with Crippen molar-refractivity contribution in [2.45, 2.75) is 17.1 Å². The van der Waals surface area contributed by atoms with Gasteiger partial charge in [0, 0.05) is 17.7 Å². The molecule has 6 nitrogen and oxygen atoms in total. The van der Waals surface area contributed by atoms with Gasteiger partial charge < -0.3 is 5.11 Å². The first-order chi connectivity index (χ1) is 10.4. The minimum Gasteiger partial charge on any atom is -0.481 e. The van der Waals surface area contributed by atoms with Gasteiger partial charge in [0.1, 0.15) is 4.21 Å². The van der Waals surface area contributed by atoms with E-state index in [0.29, 0.717) is 0 Å². The zero-order chi connectivity index (χ0) is 16.2. The van der Waals surface area contributed by atoms with Crippen LogP contribution >= 0.6 is 11.3 Å². The average Bonchev–Trinajstić information content (AvgIpc) is 2.99. The van der Waals surface area contributed by atoms with E-state index in [2.05, 4.69) is 4.72 Å². The molecule has 8 heteroatoms. The number of ketones is 1. The second-order valence-corrected chi connectivity index (χ2v) is 7.29. The molecule has 0 aliphatic carbocycles. The first-order valence-electron chi connectivity index (χ1n) is 6.30. The Hall–Kier alpha value is -2.19. The van der Waals surface area contributed by atoms with Crippen LogP contribution in [-0.2, 0) is 14.8 Å². The molecule has 0 saturated heterocycles. The van der Waals surface area contributed by atoms with Crippen molar-refractivity contribution in [1.82, 2.24) is 0 Å². The second-order valence-electron chi connectivity index (χ2n) is 4.44. The van der Waals surface area contributed by atoms with Crippen molar-refractivity contribution in [1.29, 1.82) is 0 Å². The molecule has 1 aromatic carbocycles. The van der Waals surface area contributed by atoms with E-state index in [0.717, 1.165) is 11.3 Å². The Kier molecular flexibility index (Phi) is 4.94. The van der Waals surface area contributed by atoms with Crippen LogP contribution in [0.1, 0.15) is 23.2 Å². The molecule has 2 rings (SSSR count). The monoisotopic (exact) mass is 339 g/mol.